The number of carbonyl (C=O) groups is 1. The number of aromatic nitrogens is 2. The number of benzene rings is 1. The molecule has 4 rings (SSSR count). The van der Waals surface area contributed by atoms with E-state index in [9.17, 15) is 4.79 Å². The molecule has 1 aromatic carbocycles. The van der Waals surface area contributed by atoms with Crippen LogP contribution in [0.3, 0.4) is 0 Å². The SMILES string of the molecule is COc1ccc(N2CCOCC2)c2sc(C(=O)NCCc3nc(C)cs3)nc12. The van der Waals surface area contributed by atoms with Gasteiger partial charge in [-0.15, -0.1) is 22.7 Å². The van der Waals surface area contributed by atoms with Crippen LogP contribution in [-0.4, -0.2) is 55.8 Å². The van der Waals surface area contributed by atoms with Crippen LogP contribution >= 0.6 is 22.7 Å². The van der Waals surface area contributed by atoms with Crippen molar-refractivity contribution in [2.45, 2.75) is 13.3 Å². The smallest absolute Gasteiger partial charge is 0.280 e. The van der Waals surface area contributed by atoms with Crippen molar-refractivity contribution in [1.82, 2.24) is 15.3 Å². The first kappa shape index (κ1) is 19.1. The summed E-state index contributed by atoms with van der Waals surface area (Å²) in [4.78, 5) is 23.9. The zero-order chi connectivity index (χ0) is 19.5. The zero-order valence-corrected chi connectivity index (χ0v) is 17.5. The predicted octanol–water partition coefficient (Wildman–Crippen LogP) is 2.88. The van der Waals surface area contributed by atoms with Crippen molar-refractivity contribution in [3.05, 3.63) is 33.2 Å². The van der Waals surface area contributed by atoms with Gasteiger partial charge in [0.05, 0.1) is 35.7 Å². The van der Waals surface area contributed by atoms with E-state index in [0.29, 0.717) is 30.5 Å². The van der Waals surface area contributed by atoms with Gasteiger partial charge < -0.3 is 19.7 Å². The quantitative estimate of drug-likeness (QED) is 0.663. The second-order valence-corrected chi connectivity index (χ2v) is 8.41. The number of ether oxygens (including phenoxy) is 2. The van der Waals surface area contributed by atoms with Gasteiger partial charge in [0.25, 0.3) is 5.91 Å². The molecule has 0 saturated carbocycles. The van der Waals surface area contributed by atoms with Crippen LogP contribution in [0, 0.1) is 6.92 Å². The highest BCUT2D eigenvalue weighted by atomic mass is 32.1. The number of anilines is 1. The standard InChI is InChI=1S/C19H22N4O3S2/c1-12-11-27-15(21-12)5-6-20-18(24)19-22-16-14(25-2)4-3-13(17(16)28-19)23-7-9-26-10-8-23/h3-4,11H,5-10H2,1-2H3,(H,20,24). The molecule has 0 bridgehead atoms. The lowest BCUT2D eigenvalue weighted by atomic mass is 10.2. The minimum absolute atomic E-state index is 0.163. The highest BCUT2D eigenvalue weighted by Crippen LogP contribution is 2.37. The van der Waals surface area contributed by atoms with Crippen molar-refractivity contribution in [2.24, 2.45) is 0 Å². The van der Waals surface area contributed by atoms with Gasteiger partial charge in [0, 0.05) is 37.1 Å². The van der Waals surface area contributed by atoms with Gasteiger partial charge in [-0.3, -0.25) is 4.79 Å². The fourth-order valence-electron chi connectivity index (χ4n) is 3.16. The van der Waals surface area contributed by atoms with E-state index in [2.05, 4.69) is 20.2 Å². The molecule has 28 heavy (non-hydrogen) atoms. The molecule has 9 heteroatoms. The summed E-state index contributed by atoms with van der Waals surface area (Å²) in [5, 5.41) is 6.45. The molecule has 1 N–H and O–H groups in total. The molecule has 0 aliphatic carbocycles. The van der Waals surface area contributed by atoms with Crippen LogP contribution in [0.25, 0.3) is 10.2 Å². The number of rotatable bonds is 6. The Kier molecular flexibility index (Phi) is 5.74. The first-order chi connectivity index (χ1) is 13.7. The molecule has 0 spiro atoms. The molecule has 1 fully saturated rings. The molecule has 3 aromatic rings. The van der Waals surface area contributed by atoms with Crippen LogP contribution < -0.4 is 15.0 Å². The van der Waals surface area contributed by atoms with E-state index in [0.717, 1.165) is 46.1 Å². The molecule has 148 valence electrons. The van der Waals surface area contributed by atoms with Gasteiger partial charge in [-0.25, -0.2) is 9.97 Å². The van der Waals surface area contributed by atoms with E-state index >= 15 is 0 Å². The minimum atomic E-state index is -0.163. The van der Waals surface area contributed by atoms with Gasteiger partial charge in [-0.1, -0.05) is 0 Å². The summed E-state index contributed by atoms with van der Waals surface area (Å²) in [6.07, 6.45) is 0.720. The number of nitrogens with one attached hydrogen (secondary N) is 1. The normalized spacial score (nSPS) is 14.4. The fraction of sp³-hybridized carbons (Fsp3) is 0.421. The number of thiazole rings is 2. The van der Waals surface area contributed by atoms with E-state index in [-0.39, 0.29) is 5.91 Å². The Morgan fingerprint density at radius 1 is 1.32 bits per heavy atom. The molecule has 1 saturated heterocycles. The highest BCUT2D eigenvalue weighted by Gasteiger charge is 2.21. The molecule has 1 amide bonds. The number of amides is 1. The van der Waals surface area contributed by atoms with Gasteiger partial charge in [0.2, 0.25) is 0 Å². The number of carbonyl (C=O) groups excluding carboxylic acids is 1. The number of nitrogens with zero attached hydrogens (tertiary/aromatic N) is 3. The maximum absolute atomic E-state index is 12.6. The number of morpholine rings is 1. The van der Waals surface area contributed by atoms with Gasteiger partial charge in [0.15, 0.2) is 5.01 Å². The minimum Gasteiger partial charge on any atom is -0.494 e. The number of fused-ring (bicyclic) bond motifs is 1. The van der Waals surface area contributed by atoms with Crippen LogP contribution in [0.4, 0.5) is 5.69 Å². The monoisotopic (exact) mass is 418 g/mol. The van der Waals surface area contributed by atoms with Crippen LogP contribution in [0.2, 0.25) is 0 Å². The first-order valence-corrected chi connectivity index (χ1v) is 10.8. The van der Waals surface area contributed by atoms with E-state index in [1.54, 1.807) is 18.4 Å². The van der Waals surface area contributed by atoms with Crippen molar-refractivity contribution in [3.63, 3.8) is 0 Å². The van der Waals surface area contributed by atoms with E-state index < -0.39 is 0 Å². The summed E-state index contributed by atoms with van der Waals surface area (Å²) < 4.78 is 11.9. The van der Waals surface area contributed by atoms with Crippen molar-refractivity contribution < 1.29 is 14.3 Å². The Bertz CT molecular complexity index is 979. The molecule has 0 unspecified atom stereocenters. The van der Waals surface area contributed by atoms with Crippen molar-refractivity contribution in [2.75, 3.05) is 44.9 Å². The highest BCUT2D eigenvalue weighted by molar-refractivity contribution is 7.21. The Balaban J connectivity index is 1.54. The zero-order valence-electron chi connectivity index (χ0n) is 15.9. The average molecular weight is 419 g/mol. The van der Waals surface area contributed by atoms with E-state index in [4.69, 9.17) is 9.47 Å². The van der Waals surface area contributed by atoms with Crippen molar-refractivity contribution in [1.29, 1.82) is 0 Å². The number of methoxy groups -OCH3 is 1. The lowest BCUT2D eigenvalue weighted by Gasteiger charge is -2.29. The van der Waals surface area contributed by atoms with E-state index in [1.165, 1.54) is 11.3 Å². The fourth-order valence-corrected chi connectivity index (χ4v) is 4.98. The summed E-state index contributed by atoms with van der Waals surface area (Å²) in [5.74, 6) is 0.519. The maximum Gasteiger partial charge on any atom is 0.280 e. The summed E-state index contributed by atoms with van der Waals surface area (Å²) in [5.41, 5.74) is 2.83. The largest absolute Gasteiger partial charge is 0.494 e. The Morgan fingerprint density at radius 3 is 2.86 bits per heavy atom. The third-order valence-corrected chi connectivity index (χ3v) is 6.65. The third kappa shape index (κ3) is 3.96. The second-order valence-electron chi connectivity index (χ2n) is 6.47. The maximum atomic E-state index is 12.6. The lowest BCUT2D eigenvalue weighted by molar-refractivity contribution is 0.0954. The number of aryl methyl sites for hydroxylation is 1. The second kappa shape index (κ2) is 8.42. The predicted molar refractivity (Wildman–Crippen MR) is 112 cm³/mol. The number of hydrogen-bond donors (Lipinski definition) is 1. The van der Waals surface area contributed by atoms with Gasteiger partial charge in [-0.05, 0) is 19.1 Å². The summed E-state index contributed by atoms with van der Waals surface area (Å²) in [6, 6.07) is 3.95. The van der Waals surface area contributed by atoms with Crippen LogP contribution in [0.5, 0.6) is 5.75 Å². The molecule has 0 radical (unpaired) electrons. The topological polar surface area (TPSA) is 76.6 Å². The van der Waals surface area contributed by atoms with Gasteiger partial charge >= 0.3 is 0 Å². The molecule has 0 atom stereocenters. The van der Waals surface area contributed by atoms with E-state index in [1.807, 2.05) is 24.4 Å². The molecule has 7 nitrogen and oxygen atoms in total. The number of hydrogen-bond acceptors (Lipinski definition) is 8. The molecule has 2 aromatic heterocycles. The summed E-state index contributed by atoms with van der Waals surface area (Å²) >= 11 is 3.02. The van der Waals surface area contributed by atoms with Crippen LogP contribution in [0.1, 0.15) is 20.5 Å². The van der Waals surface area contributed by atoms with Gasteiger partial charge in [0.1, 0.15) is 11.3 Å². The van der Waals surface area contributed by atoms with Crippen molar-refractivity contribution in [3.8, 4) is 5.75 Å². The third-order valence-electron chi connectivity index (χ3n) is 4.54. The summed E-state index contributed by atoms with van der Waals surface area (Å²) in [7, 11) is 1.62. The molecule has 1 aliphatic rings. The van der Waals surface area contributed by atoms with Crippen LogP contribution in [0.15, 0.2) is 17.5 Å². The molecule has 3 heterocycles. The Morgan fingerprint density at radius 2 is 2.14 bits per heavy atom. The average Bonchev–Trinajstić information content (AvgIpc) is 3.34. The Hall–Kier alpha value is -2.23. The van der Waals surface area contributed by atoms with Crippen molar-refractivity contribution >= 4 is 44.5 Å². The molecule has 1 aliphatic heterocycles. The van der Waals surface area contributed by atoms with Crippen LogP contribution in [-0.2, 0) is 11.2 Å². The summed E-state index contributed by atoms with van der Waals surface area (Å²) in [6.45, 7) is 5.57. The first-order valence-electron chi connectivity index (χ1n) is 9.15. The molecular weight excluding hydrogens is 396 g/mol. The Labute approximate surface area is 171 Å². The molecular formula is C19H22N4O3S2. The lowest BCUT2D eigenvalue weighted by Crippen LogP contribution is -2.36. The van der Waals surface area contributed by atoms with Gasteiger partial charge in [-0.2, -0.15) is 0 Å².